The van der Waals surface area contributed by atoms with Gasteiger partial charge in [-0.05, 0) is 59.2 Å². The van der Waals surface area contributed by atoms with Gasteiger partial charge >= 0.3 is 0 Å². The van der Waals surface area contributed by atoms with E-state index >= 15 is 0 Å². The van der Waals surface area contributed by atoms with E-state index < -0.39 is 22.6 Å². The van der Waals surface area contributed by atoms with E-state index in [1.165, 1.54) is 0 Å². The maximum atomic E-state index is 7.31. The zero-order valence-corrected chi connectivity index (χ0v) is 33.1. The third-order valence-electron chi connectivity index (χ3n) is 9.88. The van der Waals surface area contributed by atoms with Crippen LogP contribution in [-0.4, -0.2) is 88.4 Å². The summed E-state index contributed by atoms with van der Waals surface area (Å²) in [6.45, 7) is 1.19. The molecule has 276 valence electrons. The lowest BCUT2D eigenvalue weighted by atomic mass is 9.80. The van der Waals surface area contributed by atoms with Crippen molar-refractivity contribution in [3.63, 3.8) is 0 Å². The number of rotatable bonds is 12. The van der Waals surface area contributed by atoms with Crippen molar-refractivity contribution < 1.29 is 23.5 Å². The van der Waals surface area contributed by atoms with Gasteiger partial charge in [-0.15, -0.1) is 0 Å². The molecule has 0 bridgehead atoms. The van der Waals surface area contributed by atoms with Crippen LogP contribution in [0.4, 0.5) is 5.82 Å². The SMILES string of the molecule is COc1ccc(C(OC[C@H]2O[C@@H](n3cnc4c(/N=C5/CCCN5C)ncnc43)C[C@@H]2OP2(=S)SCCS2)(c2ccccc2)c2ccc(OC)cc2)cc1. The Morgan fingerprint density at radius 1 is 0.906 bits per heavy atom. The molecule has 0 radical (unpaired) electrons. The number of hydrogen-bond donors (Lipinski definition) is 0. The minimum Gasteiger partial charge on any atom is -0.497 e. The normalized spacial score (nSPS) is 22.2. The molecule has 15 heteroatoms. The van der Waals surface area contributed by atoms with Crippen molar-refractivity contribution in [3.05, 3.63) is 108 Å². The average Bonchev–Trinajstić information content (AvgIpc) is 4.01. The fourth-order valence-electron chi connectivity index (χ4n) is 7.17. The minimum atomic E-state index is -2.17. The Labute approximate surface area is 322 Å². The van der Waals surface area contributed by atoms with Crippen LogP contribution in [0.5, 0.6) is 11.5 Å². The van der Waals surface area contributed by atoms with Gasteiger partial charge in [0.1, 0.15) is 41.6 Å². The van der Waals surface area contributed by atoms with Crippen molar-refractivity contribution in [1.29, 1.82) is 0 Å². The zero-order valence-electron chi connectivity index (χ0n) is 29.7. The van der Waals surface area contributed by atoms with E-state index in [1.807, 2.05) is 47.0 Å². The minimum absolute atomic E-state index is 0.214. The van der Waals surface area contributed by atoms with Crippen LogP contribution in [0, 0.1) is 0 Å². The summed E-state index contributed by atoms with van der Waals surface area (Å²) in [7, 11) is 5.39. The Balaban J connectivity index is 1.17. The summed E-state index contributed by atoms with van der Waals surface area (Å²) < 4.78 is 32.0. The van der Waals surface area contributed by atoms with Crippen LogP contribution >= 0.6 is 27.4 Å². The highest BCUT2D eigenvalue weighted by Gasteiger charge is 2.45. The molecule has 0 spiro atoms. The molecule has 0 unspecified atom stereocenters. The molecule has 0 aliphatic carbocycles. The number of methoxy groups -OCH3 is 2. The highest BCUT2D eigenvalue weighted by atomic mass is 33.2. The van der Waals surface area contributed by atoms with E-state index in [9.17, 15) is 0 Å². The van der Waals surface area contributed by atoms with Crippen molar-refractivity contribution in [2.24, 2.45) is 4.99 Å². The molecule has 53 heavy (non-hydrogen) atoms. The number of hydrogen-bond acceptors (Lipinski definition) is 12. The Morgan fingerprint density at radius 3 is 2.19 bits per heavy atom. The first-order valence-corrected chi connectivity index (χ1v) is 23.5. The summed E-state index contributed by atoms with van der Waals surface area (Å²) in [5, 5.41) is 0. The Bertz CT molecular complexity index is 2060. The van der Waals surface area contributed by atoms with Crippen molar-refractivity contribution in [3.8, 4) is 11.5 Å². The van der Waals surface area contributed by atoms with Gasteiger partial charge in [-0.1, -0.05) is 77.4 Å². The molecule has 3 atom stereocenters. The number of ether oxygens (including phenoxy) is 4. The quantitative estimate of drug-likeness (QED) is 0.0905. The van der Waals surface area contributed by atoms with Crippen molar-refractivity contribution in [1.82, 2.24) is 24.4 Å². The molecule has 3 saturated heterocycles. The summed E-state index contributed by atoms with van der Waals surface area (Å²) in [6, 6.07) is 26.3. The molecule has 0 amide bonds. The molecule has 0 N–H and O–H groups in total. The second-order valence-corrected chi connectivity index (χ2v) is 23.7. The third-order valence-corrected chi connectivity index (χ3v) is 19.6. The van der Waals surface area contributed by atoms with Crippen LogP contribution in [0.25, 0.3) is 11.2 Å². The van der Waals surface area contributed by atoms with Crippen LogP contribution in [0.15, 0.2) is 96.5 Å². The van der Waals surface area contributed by atoms with Gasteiger partial charge < -0.3 is 28.4 Å². The first-order chi connectivity index (χ1) is 25.9. The molecule has 3 fully saturated rings. The number of aliphatic imine (C=N–C) groups is 1. The van der Waals surface area contributed by atoms with Crippen LogP contribution < -0.4 is 9.47 Å². The monoisotopic (exact) mass is 788 g/mol. The lowest BCUT2D eigenvalue weighted by Crippen LogP contribution is -2.38. The molecule has 3 aromatic carbocycles. The van der Waals surface area contributed by atoms with Gasteiger partial charge in [0.05, 0.1) is 33.3 Å². The molecular formula is C38H41N6O5PS3. The number of amidine groups is 1. The summed E-state index contributed by atoms with van der Waals surface area (Å²) in [4.78, 5) is 20.9. The topological polar surface area (TPSA) is 105 Å². The third kappa shape index (κ3) is 7.35. The van der Waals surface area contributed by atoms with Gasteiger partial charge in [0, 0.05) is 37.9 Å². The standard InChI is InChI=1S/C38H41N6O5PS3/c1-43-19-7-10-33(43)42-36-35-37(40-24-39-36)44(25-41-35)34-22-31(49-50(51)52-20-21-53-50)32(48-34)23-47-38(26-8-5-4-6-9-26,27-11-15-29(45-2)16-12-27)28-13-17-30(46-3)18-14-28/h4-6,8-9,11-18,24-25,31-32,34H,7,10,19-23H2,1-3H3/b42-33-/t31-,32+,34+/m0/s1. The van der Waals surface area contributed by atoms with Crippen molar-refractivity contribution >= 4 is 62.1 Å². The predicted octanol–water partition coefficient (Wildman–Crippen LogP) is 7.99. The molecule has 3 aliphatic rings. The molecular weight excluding hydrogens is 748 g/mol. The lowest BCUT2D eigenvalue weighted by molar-refractivity contribution is -0.0891. The first kappa shape index (κ1) is 36.5. The number of fused-ring (bicyclic) bond motifs is 1. The number of likely N-dealkylation sites (tertiary alicyclic amines) is 1. The molecule has 8 rings (SSSR count). The van der Waals surface area contributed by atoms with Crippen LogP contribution in [0.1, 0.15) is 42.2 Å². The van der Waals surface area contributed by atoms with Gasteiger partial charge in [0.25, 0.3) is 0 Å². The first-order valence-electron chi connectivity index (χ1n) is 17.6. The number of nitrogens with zero attached hydrogens (tertiary/aromatic N) is 6. The van der Waals surface area contributed by atoms with Gasteiger partial charge in [-0.2, -0.15) is 0 Å². The maximum absolute atomic E-state index is 7.31. The van der Waals surface area contributed by atoms with Gasteiger partial charge in [-0.3, -0.25) is 4.57 Å². The second kappa shape index (κ2) is 15.7. The average molecular weight is 789 g/mol. The maximum Gasteiger partial charge on any atom is 0.185 e. The molecule has 2 aromatic heterocycles. The number of aromatic nitrogens is 4. The van der Waals surface area contributed by atoms with E-state index in [4.69, 9.17) is 45.3 Å². The number of imidazole rings is 1. The van der Waals surface area contributed by atoms with E-state index in [0.29, 0.717) is 23.4 Å². The summed E-state index contributed by atoms with van der Waals surface area (Å²) in [6.07, 6.45) is 4.66. The number of benzene rings is 3. The highest BCUT2D eigenvalue weighted by Crippen LogP contribution is 2.75. The predicted molar refractivity (Wildman–Crippen MR) is 215 cm³/mol. The van der Waals surface area contributed by atoms with Crippen LogP contribution in [0.2, 0.25) is 0 Å². The second-order valence-electron chi connectivity index (χ2n) is 13.0. The van der Waals surface area contributed by atoms with Gasteiger partial charge in [0.15, 0.2) is 21.7 Å². The van der Waals surface area contributed by atoms with Crippen molar-refractivity contribution in [2.45, 2.75) is 43.3 Å². The Hall–Kier alpha value is -3.49. The molecule has 3 aliphatic heterocycles. The summed E-state index contributed by atoms with van der Waals surface area (Å²) in [5.74, 6) is 5.04. The lowest BCUT2D eigenvalue weighted by Gasteiger charge is -2.37. The largest absolute Gasteiger partial charge is 0.497 e. The van der Waals surface area contributed by atoms with E-state index in [0.717, 1.165) is 64.9 Å². The summed E-state index contributed by atoms with van der Waals surface area (Å²) in [5.41, 5.74) is 3.13. The van der Waals surface area contributed by atoms with E-state index in [2.05, 4.69) is 58.3 Å². The van der Waals surface area contributed by atoms with E-state index in [1.54, 1.807) is 49.6 Å². The smallest absolute Gasteiger partial charge is 0.185 e. The Morgan fingerprint density at radius 2 is 1.57 bits per heavy atom. The van der Waals surface area contributed by atoms with Gasteiger partial charge in [-0.25, -0.2) is 19.9 Å². The highest BCUT2D eigenvalue weighted by molar-refractivity contribution is 9.00. The van der Waals surface area contributed by atoms with Crippen LogP contribution in [0.3, 0.4) is 0 Å². The molecule has 11 nitrogen and oxygen atoms in total. The van der Waals surface area contributed by atoms with Gasteiger partial charge in [0.2, 0.25) is 0 Å². The Kier molecular flexibility index (Phi) is 10.8. The fraction of sp³-hybridized carbons (Fsp3) is 0.368. The molecule has 0 saturated carbocycles. The molecule has 5 aromatic rings. The summed E-state index contributed by atoms with van der Waals surface area (Å²) >= 11 is 9.66. The molecule has 5 heterocycles. The zero-order chi connectivity index (χ0) is 36.4. The van der Waals surface area contributed by atoms with E-state index in [-0.39, 0.29) is 12.7 Å². The fourth-order valence-corrected chi connectivity index (χ4v) is 16.6. The van der Waals surface area contributed by atoms with Crippen molar-refractivity contribution in [2.75, 3.05) is 45.9 Å². The van der Waals surface area contributed by atoms with Crippen LogP contribution in [-0.2, 0) is 31.4 Å².